The average Bonchev–Trinajstić information content (AvgIpc) is 3.33. The quantitative estimate of drug-likeness (QED) is 0.188. The number of alkyl halides is 4. The molecule has 1 spiro atoms. The number of likely N-dealkylation sites (tertiary alicyclic amines) is 1. The van der Waals surface area contributed by atoms with Crippen LogP contribution >= 0.6 is 22.6 Å². The van der Waals surface area contributed by atoms with Gasteiger partial charge in [-0.15, -0.1) is 13.2 Å². The van der Waals surface area contributed by atoms with Gasteiger partial charge in [-0.3, -0.25) is 19.2 Å². The van der Waals surface area contributed by atoms with Gasteiger partial charge in [0, 0.05) is 37.4 Å². The first-order valence-electron chi connectivity index (χ1n) is 11.9. The predicted molar refractivity (Wildman–Crippen MR) is 138 cm³/mol. The summed E-state index contributed by atoms with van der Waals surface area (Å²) in [5.41, 5.74) is 2.03. The summed E-state index contributed by atoms with van der Waals surface area (Å²) in [6.45, 7) is 1.69. The zero-order chi connectivity index (χ0) is 26.8. The molecule has 8 nitrogen and oxygen atoms in total. The van der Waals surface area contributed by atoms with E-state index in [1.807, 2.05) is 6.07 Å². The van der Waals surface area contributed by atoms with Gasteiger partial charge in [-0.1, -0.05) is 22.6 Å². The van der Waals surface area contributed by atoms with Gasteiger partial charge in [0.1, 0.15) is 6.61 Å². The van der Waals surface area contributed by atoms with Crippen molar-refractivity contribution in [3.05, 3.63) is 47.3 Å². The molecule has 1 aromatic heterocycles. The average molecular weight is 635 g/mol. The Kier molecular flexibility index (Phi) is 8.38. The van der Waals surface area contributed by atoms with Crippen molar-refractivity contribution in [2.75, 3.05) is 51.4 Å². The zero-order valence-corrected chi connectivity index (χ0v) is 22.8. The van der Waals surface area contributed by atoms with Crippen molar-refractivity contribution < 1.29 is 37.0 Å². The third kappa shape index (κ3) is 5.75. The van der Waals surface area contributed by atoms with Crippen molar-refractivity contribution in [3.8, 4) is 11.5 Å². The van der Waals surface area contributed by atoms with Crippen LogP contribution in [0.25, 0.3) is 0 Å². The summed E-state index contributed by atoms with van der Waals surface area (Å²) in [7, 11) is 3.50. The van der Waals surface area contributed by atoms with Gasteiger partial charge in [0.05, 0.1) is 29.4 Å². The number of fused-ring (bicyclic) bond motifs is 2. The van der Waals surface area contributed by atoms with E-state index in [1.165, 1.54) is 19.2 Å². The van der Waals surface area contributed by atoms with Gasteiger partial charge >= 0.3 is 6.36 Å². The molecule has 202 valence electrons. The second-order valence-corrected chi connectivity index (χ2v) is 9.83. The number of Topliss-reactive ketones (excluding diaryl/α,β-unsaturated/α-hetero) is 1. The first-order chi connectivity index (χ1) is 17.6. The number of hydrogen-bond acceptors (Lipinski definition) is 6. The molecule has 2 aromatic rings. The van der Waals surface area contributed by atoms with Crippen LogP contribution in [0.15, 0.2) is 30.3 Å². The van der Waals surface area contributed by atoms with Crippen LogP contribution in [0.1, 0.15) is 39.4 Å². The fraction of sp³-hybridized carbons (Fsp3) is 0.520. The van der Waals surface area contributed by atoms with E-state index >= 15 is 0 Å². The van der Waals surface area contributed by atoms with Crippen molar-refractivity contribution in [2.45, 2.75) is 31.3 Å². The lowest BCUT2D eigenvalue weighted by molar-refractivity contribution is -0.325. The van der Waals surface area contributed by atoms with Crippen molar-refractivity contribution in [1.29, 1.82) is 0 Å². The zero-order valence-electron chi connectivity index (χ0n) is 20.6. The van der Waals surface area contributed by atoms with Crippen molar-refractivity contribution in [1.82, 2.24) is 14.4 Å². The van der Waals surface area contributed by atoms with Gasteiger partial charge in [-0.05, 0) is 50.2 Å². The topological polar surface area (TPSA) is 73.2 Å². The molecule has 2 aliphatic heterocycles. The molecule has 0 atom stereocenters. The molecule has 37 heavy (non-hydrogen) atoms. The molecular weight excluding hydrogens is 606 g/mol. The molecule has 1 aromatic carbocycles. The SMILES string of the molecule is COc1cc(C(=O)N2CCC3(CC2)c2ccc(C(=O)CI)n2CCN3C)ccc1OCCOC(F)(F)F. The van der Waals surface area contributed by atoms with Crippen LogP contribution in [0.4, 0.5) is 13.2 Å². The Bertz CT molecular complexity index is 1150. The number of benzene rings is 1. The number of amides is 1. The third-order valence-electron chi connectivity index (χ3n) is 7.15. The Morgan fingerprint density at radius 3 is 2.41 bits per heavy atom. The number of aromatic nitrogens is 1. The molecule has 1 saturated heterocycles. The summed E-state index contributed by atoms with van der Waals surface area (Å²) in [6, 6.07) is 8.59. The molecule has 0 aliphatic carbocycles. The second-order valence-electron chi connectivity index (χ2n) is 9.07. The number of halogens is 4. The number of ether oxygens (including phenoxy) is 3. The highest BCUT2D eigenvalue weighted by molar-refractivity contribution is 14.1. The number of rotatable bonds is 8. The van der Waals surface area contributed by atoms with Crippen molar-refractivity contribution in [3.63, 3.8) is 0 Å². The van der Waals surface area contributed by atoms with Gasteiger partial charge < -0.3 is 18.9 Å². The minimum atomic E-state index is -4.72. The molecule has 12 heteroatoms. The van der Waals surface area contributed by atoms with Gasteiger partial charge in [0.2, 0.25) is 0 Å². The minimum Gasteiger partial charge on any atom is -0.493 e. The Morgan fingerprint density at radius 1 is 1.03 bits per heavy atom. The minimum absolute atomic E-state index is 0.119. The number of nitrogens with zero attached hydrogens (tertiary/aromatic N) is 3. The maximum atomic E-state index is 13.3. The number of methoxy groups -OCH3 is 1. The number of carbonyl (C=O) groups excluding carboxylic acids is 2. The van der Waals surface area contributed by atoms with Crippen LogP contribution in [0, 0.1) is 0 Å². The first kappa shape index (κ1) is 27.7. The Labute approximate surface area is 226 Å². The molecule has 0 radical (unpaired) electrons. The Hall–Kier alpha value is -2.32. The van der Waals surface area contributed by atoms with Gasteiger partial charge in [0.15, 0.2) is 17.3 Å². The van der Waals surface area contributed by atoms with E-state index in [0.29, 0.717) is 23.1 Å². The van der Waals surface area contributed by atoms with Crippen LogP contribution in [-0.4, -0.2) is 83.9 Å². The summed E-state index contributed by atoms with van der Waals surface area (Å²) < 4.78 is 53.4. The van der Waals surface area contributed by atoms with Crippen LogP contribution < -0.4 is 9.47 Å². The van der Waals surface area contributed by atoms with Crippen LogP contribution in [0.5, 0.6) is 11.5 Å². The van der Waals surface area contributed by atoms with E-state index in [2.05, 4.69) is 49.9 Å². The van der Waals surface area contributed by atoms with E-state index in [9.17, 15) is 22.8 Å². The van der Waals surface area contributed by atoms with E-state index < -0.39 is 13.0 Å². The summed E-state index contributed by atoms with van der Waals surface area (Å²) in [4.78, 5) is 29.9. The van der Waals surface area contributed by atoms with E-state index in [0.717, 1.165) is 37.3 Å². The number of hydrogen-bond donors (Lipinski definition) is 0. The fourth-order valence-corrected chi connectivity index (χ4v) is 5.61. The monoisotopic (exact) mass is 635 g/mol. The standard InChI is InChI=1S/C25H29F3IN3O5/c1-30-11-12-32-18(19(33)16-29)4-6-22(32)24(30)7-9-31(10-8-24)23(34)17-3-5-20(21(15-17)35-2)36-13-14-37-25(26,27)28/h3-6,15H,7-14,16H2,1-2H3. The van der Waals surface area contributed by atoms with Gasteiger partial charge in [-0.25, -0.2) is 0 Å². The Balaban J connectivity index is 1.44. The van der Waals surface area contributed by atoms with E-state index in [-0.39, 0.29) is 35.3 Å². The van der Waals surface area contributed by atoms with Gasteiger partial charge in [-0.2, -0.15) is 0 Å². The fourth-order valence-electron chi connectivity index (χ4n) is 5.22. The molecule has 1 fully saturated rings. The molecule has 0 bridgehead atoms. The number of likely N-dealkylation sites (N-methyl/N-ethyl adjacent to an activating group) is 1. The first-order valence-corrected chi connectivity index (χ1v) is 13.4. The summed E-state index contributed by atoms with van der Waals surface area (Å²) >= 11 is 2.09. The molecule has 4 rings (SSSR count). The normalized spacial score (nSPS) is 17.5. The largest absolute Gasteiger partial charge is 0.522 e. The highest BCUT2D eigenvalue weighted by Gasteiger charge is 2.45. The highest BCUT2D eigenvalue weighted by Crippen LogP contribution is 2.42. The lowest BCUT2D eigenvalue weighted by atomic mass is 9.81. The molecule has 0 saturated carbocycles. The maximum Gasteiger partial charge on any atom is 0.522 e. The molecule has 2 aliphatic rings. The summed E-state index contributed by atoms with van der Waals surface area (Å²) in [6.07, 6.45) is -3.26. The summed E-state index contributed by atoms with van der Waals surface area (Å²) in [5.74, 6) is 0.440. The van der Waals surface area contributed by atoms with Crippen molar-refractivity contribution >= 4 is 34.3 Å². The molecule has 0 N–H and O–H groups in total. The second kappa shape index (κ2) is 11.2. The third-order valence-corrected chi connectivity index (χ3v) is 7.84. The van der Waals surface area contributed by atoms with Gasteiger partial charge in [0.25, 0.3) is 5.91 Å². The molecule has 3 heterocycles. The molecular formula is C25H29F3IN3O5. The van der Waals surface area contributed by atoms with E-state index in [1.54, 1.807) is 11.0 Å². The lowest BCUT2D eigenvalue weighted by Crippen LogP contribution is -2.56. The number of ketones is 1. The van der Waals surface area contributed by atoms with Crippen LogP contribution in [0.3, 0.4) is 0 Å². The molecule has 0 unspecified atom stereocenters. The van der Waals surface area contributed by atoms with Crippen LogP contribution in [0.2, 0.25) is 0 Å². The smallest absolute Gasteiger partial charge is 0.493 e. The molecule has 1 amide bonds. The highest BCUT2D eigenvalue weighted by atomic mass is 127. The number of piperidine rings is 1. The maximum absolute atomic E-state index is 13.3. The van der Waals surface area contributed by atoms with E-state index in [4.69, 9.17) is 9.47 Å². The lowest BCUT2D eigenvalue weighted by Gasteiger charge is -2.50. The number of carbonyl (C=O) groups is 2. The van der Waals surface area contributed by atoms with Crippen molar-refractivity contribution in [2.24, 2.45) is 0 Å². The predicted octanol–water partition coefficient (Wildman–Crippen LogP) is 4.11. The van der Waals surface area contributed by atoms with Crippen LogP contribution in [-0.2, 0) is 16.8 Å². The summed E-state index contributed by atoms with van der Waals surface area (Å²) in [5, 5.41) is 0. The Morgan fingerprint density at radius 2 is 1.76 bits per heavy atom.